The van der Waals surface area contributed by atoms with Gasteiger partial charge in [0.1, 0.15) is 5.69 Å². The lowest BCUT2D eigenvalue weighted by Gasteiger charge is -2.02. The standard InChI is InChI=1S/C11H9IN2O2/c1-6(15)14-8-5-3-2-4-7(8)9(12)10(14)11(13)16/h2-5H,1H3,(H2,13,16). The third-order valence-corrected chi connectivity index (χ3v) is 3.45. The first kappa shape index (κ1) is 11.1. The van der Waals surface area contributed by atoms with E-state index in [1.165, 1.54) is 11.5 Å². The number of hydrogen-bond acceptors (Lipinski definition) is 2. The number of carbonyl (C=O) groups excluding carboxylic acids is 2. The molecule has 2 rings (SSSR count). The summed E-state index contributed by atoms with van der Waals surface area (Å²) in [5, 5.41) is 0.868. The fraction of sp³-hybridized carbons (Fsp3) is 0.0909. The molecule has 0 saturated heterocycles. The molecule has 2 N–H and O–H groups in total. The Morgan fingerprint density at radius 3 is 2.50 bits per heavy atom. The van der Waals surface area contributed by atoms with Gasteiger partial charge in [-0.2, -0.15) is 0 Å². The van der Waals surface area contributed by atoms with E-state index >= 15 is 0 Å². The number of primary amides is 1. The summed E-state index contributed by atoms with van der Waals surface area (Å²) in [7, 11) is 0. The number of para-hydroxylation sites is 1. The van der Waals surface area contributed by atoms with E-state index in [-0.39, 0.29) is 11.6 Å². The Morgan fingerprint density at radius 2 is 1.94 bits per heavy atom. The lowest BCUT2D eigenvalue weighted by molar-refractivity contribution is 0.0909. The van der Waals surface area contributed by atoms with Crippen LogP contribution < -0.4 is 5.73 Å². The molecule has 5 heteroatoms. The zero-order valence-corrected chi connectivity index (χ0v) is 10.7. The SMILES string of the molecule is CC(=O)n1c(C(N)=O)c(I)c2ccccc21. The number of benzene rings is 1. The van der Waals surface area contributed by atoms with Crippen molar-refractivity contribution in [2.24, 2.45) is 5.73 Å². The number of nitrogens with two attached hydrogens (primary N) is 1. The summed E-state index contributed by atoms with van der Waals surface area (Å²) in [6.07, 6.45) is 0. The highest BCUT2D eigenvalue weighted by atomic mass is 127. The highest BCUT2D eigenvalue weighted by Gasteiger charge is 2.20. The zero-order valence-electron chi connectivity index (χ0n) is 8.53. The van der Waals surface area contributed by atoms with E-state index < -0.39 is 5.91 Å². The molecule has 1 amide bonds. The van der Waals surface area contributed by atoms with Crippen LogP contribution in [0.25, 0.3) is 10.9 Å². The van der Waals surface area contributed by atoms with Crippen molar-refractivity contribution in [1.82, 2.24) is 4.57 Å². The van der Waals surface area contributed by atoms with E-state index in [9.17, 15) is 9.59 Å². The smallest absolute Gasteiger partial charge is 0.266 e. The first-order valence-electron chi connectivity index (χ1n) is 4.63. The Morgan fingerprint density at radius 1 is 1.31 bits per heavy atom. The van der Waals surface area contributed by atoms with Crippen LogP contribution in [0.3, 0.4) is 0 Å². The Labute approximate surface area is 106 Å². The van der Waals surface area contributed by atoms with Crippen molar-refractivity contribution in [3.63, 3.8) is 0 Å². The molecule has 0 bridgehead atoms. The van der Waals surface area contributed by atoms with Crippen LogP contribution >= 0.6 is 22.6 Å². The number of aromatic nitrogens is 1. The second-order valence-corrected chi connectivity index (χ2v) is 4.48. The van der Waals surface area contributed by atoms with Gasteiger partial charge in [0.05, 0.1) is 9.09 Å². The Bertz CT molecular complexity index is 601. The van der Waals surface area contributed by atoms with Crippen LogP contribution in [0.2, 0.25) is 0 Å². The molecule has 0 aliphatic rings. The van der Waals surface area contributed by atoms with Gasteiger partial charge in [-0.25, -0.2) is 0 Å². The molecule has 1 aromatic carbocycles. The average molecular weight is 328 g/mol. The number of amides is 1. The molecule has 0 saturated carbocycles. The van der Waals surface area contributed by atoms with Gasteiger partial charge in [-0.15, -0.1) is 0 Å². The molecule has 0 radical (unpaired) electrons. The summed E-state index contributed by atoms with van der Waals surface area (Å²) in [4.78, 5) is 22.9. The van der Waals surface area contributed by atoms with Gasteiger partial charge in [0.15, 0.2) is 0 Å². The number of rotatable bonds is 1. The fourth-order valence-corrected chi connectivity index (χ4v) is 2.71. The van der Waals surface area contributed by atoms with E-state index in [1.54, 1.807) is 6.07 Å². The van der Waals surface area contributed by atoms with Crippen molar-refractivity contribution in [3.05, 3.63) is 33.5 Å². The van der Waals surface area contributed by atoms with E-state index in [0.29, 0.717) is 5.52 Å². The number of halogens is 1. The molecule has 0 fully saturated rings. The summed E-state index contributed by atoms with van der Waals surface area (Å²) in [5.74, 6) is -0.802. The van der Waals surface area contributed by atoms with Crippen LogP contribution in [0.15, 0.2) is 24.3 Å². The third-order valence-electron chi connectivity index (χ3n) is 2.36. The molecule has 0 aliphatic heterocycles. The summed E-state index contributed by atoms with van der Waals surface area (Å²) in [6, 6.07) is 7.34. The Hall–Kier alpha value is -1.37. The minimum Gasteiger partial charge on any atom is -0.364 e. The van der Waals surface area contributed by atoms with Gasteiger partial charge in [0.2, 0.25) is 5.91 Å². The summed E-state index contributed by atoms with van der Waals surface area (Å²) in [5.41, 5.74) is 6.27. The molecule has 0 unspecified atom stereocenters. The van der Waals surface area contributed by atoms with Crippen molar-refractivity contribution in [2.75, 3.05) is 0 Å². The van der Waals surface area contributed by atoms with E-state index in [1.807, 2.05) is 40.8 Å². The van der Waals surface area contributed by atoms with Crippen LogP contribution in [0, 0.1) is 3.57 Å². The molecule has 4 nitrogen and oxygen atoms in total. The van der Waals surface area contributed by atoms with Crippen molar-refractivity contribution >= 4 is 45.3 Å². The van der Waals surface area contributed by atoms with Gasteiger partial charge < -0.3 is 5.73 Å². The molecule has 0 atom stereocenters. The predicted molar refractivity (Wildman–Crippen MR) is 69.5 cm³/mol. The van der Waals surface area contributed by atoms with Crippen LogP contribution in [0.5, 0.6) is 0 Å². The van der Waals surface area contributed by atoms with Crippen molar-refractivity contribution in [1.29, 1.82) is 0 Å². The van der Waals surface area contributed by atoms with Crippen LogP contribution in [0.4, 0.5) is 0 Å². The molecule has 2 aromatic rings. The molecule has 1 aromatic heterocycles. The summed E-state index contributed by atoms with van der Waals surface area (Å²) < 4.78 is 2.08. The number of fused-ring (bicyclic) bond motifs is 1. The quantitative estimate of drug-likeness (QED) is 0.814. The fourth-order valence-electron chi connectivity index (χ4n) is 1.75. The van der Waals surface area contributed by atoms with Crippen molar-refractivity contribution < 1.29 is 9.59 Å². The molecule has 0 aliphatic carbocycles. The minimum absolute atomic E-state index is 0.215. The summed E-state index contributed by atoms with van der Waals surface area (Å²) >= 11 is 2.03. The lowest BCUT2D eigenvalue weighted by Crippen LogP contribution is -2.20. The number of hydrogen-bond donors (Lipinski definition) is 1. The van der Waals surface area contributed by atoms with Crippen LogP contribution in [-0.2, 0) is 0 Å². The third kappa shape index (κ3) is 1.51. The average Bonchev–Trinajstić information content (AvgIpc) is 2.53. The molecule has 16 heavy (non-hydrogen) atoms. The minimum atomic E-state index is -0.587. The molecular formula is C11H9IN2O2. The Balaban J connectivity index is 2.97. The number of carbonyl (C=O) groups is 2. The maximum absolute atomic E-state index is 11.5. The predicted octanol–water partition coefficient (Wildman–Crippen LogP) is 2.00. The topological polar surface area (TPSA) is 65.1 Å². The molecule has 0 spiro atoms. The first-order valence-corrected chi connectivity index (χ1v) is 5.71. The van der Waals surface area contributed by atoms with Crippen LogP contribution in [0.1, 0.15) is 22.2 Å². The van der Waals surface area contributed by atoms with Gasteiger partial charge in [-0.05, 0) is 28.7 Å². The second kappa shape index (κ2) is 3.89. The van der Waals surface area contributed by atoms with E-state index in [0.717, 1.165) is 8.96 Å². The van der Waals surface area contributed by atoms with Gasteiger partial charge >= 0.3 is 0 Å². The second-order valence-electron chi connectivity index (χ2n) is 3.40. The Kier molecular flexibility index (Phi) is 2.71. The first-order chi connectivity index (χ1) is 7.54. The maximum atomic E-state index is 11.5. The summed E-state index contributed by atoms with van der Waals surface area (Å²) in [6.45, 7) is 1.41. The zero-order chi connectivity index (χ0) is 11.9. The largest absolute Gasteiger partial charge is 0.364 e. The maximum Gasteiger partial charge on any atom is 0.266 e. The molecule has 1 heterocycles. The van der Waals surface area contributed by atoms with E-state index in [2.05, 4.69) is 0 Å². The molecule has 82 valence electrons. The van der Waals surface area contributed by atoms with Crippen LogP contribution in [-0.4, -0.2) is 16.4 Å². The van der Waals surface area contributed by atoms with Gasteiger partial charge in [0.25, 0.3) is 5.91 Å². The highest BCUT2D eigenvalue weighted by Crippen LogP contribution is 2.27. The van der Waals surface area contributed by atoms with Crippen molar-refractivity contribution in [2.45, 2.75) is 6.92 Å². The van der Waals surface area contributed by atoms with E-state index in [4.69, 9.17) is 5.73 Å². The normalized spacial score (nSPS) is 10.6. The van der Waals surface area contributed by atoms with Crippen molar-refractivity contribution in [3.8, 4) is 0 Å². The lowest BCUT2D eigenvalue weighted by atomic mass is 10.2. The molecular weight excluding hydrogens is 319 g/mol. The van der Waals surface area contributed by atoms with Gasteiger partial charge in [0, 0.05) is 12.3 Å². The van der Waals surface area contributed by atoms with Gasteiger partial charge in [-0.3, -0.25) is 14.2 Å². The van der Waals surface area contributed by atoms with Gasteiger partial charge in [-0.1, -0.05) is 18.2 Å². The number of nitrogens with zero attached hydrogens (tertiary/aromatic N) is 1. The monoisotopic (exact) mass is 328 g/mol. The highest BCUT2D eigenvalue weighted by molar-refractivity contribution is 14.1.